The maximum atomic E-state index is 11.5. The Kier molecular flexibility index (Phi) is 3.13. The topological polar surface area (TPSA) is 90.4 Å². The molecule has 1 aromatic rings. The van der Waals surface area contributed by atoms with Crippen molar-refractivity contribution in [3.05, 3.63) is 22.7 Å². The monoisotopic (exact) mass is 245 g/mol. The van der Waals surface area contributed by atoms with Gasteiger partial charge in [0.1, 0.15) is 12.0 Å². The lowest BCUT2D eigenvalue weighted by atomic mass is 9.96. The molecule has 1 saturated heterocycles. The Labute approximate surface area is 96.6 Å². The molecule has 1 aliphatic heterocycles. The Morgan fingerprint density at radius 1 is 1.69 bits per heavy atom. The molecule has 7 heteroatoms. The maximum absolute atomic E-state index is 11.5. The van der Waals surface area contributed by atoms with Crippen LogP contribution in [0.25, 0.3) is 0 Å². The molecule has 16 heavy (non-hydrogen) atoms. The van der Waals surface area contributed by atoms with Crippen molar-refractivity contribution in [3.63, 3.8) is 0 Å². The van der Waals surface area contributed by atoms with Crippen LogP contribution in [-0.2, 0) is 4.74 Å². The molecule has 0 bridgehead atoms. The first-order chi connectivity index (χ1) is 7.67. The van der Waals surface area contributed by atoms with E-state index in [2.05, 4.69) is 4.98 Å². The van der Waals surface area contributed by atoms with E-state index in [0.29, 0.717) is 5.88 Å². The van der Waals surface area contributed by atoms with Gasteiger partial charge in [0, 0.05) is 18.0 Å². The van der Waals surface area contributed by atoms with Crippen LogP contribution in [-0.4, -0.2) is 33.2 Å². The summed E-state index contributed by atoms with van der Waals surface area (Å²) >= 11 is 5.75. The molecule has 1 aliphatic rings. The van der Waals surface area contributed by atoms with Crippen molar-refractivity contribution >= 4 is 17.4 Å². The number of rotatable bonds is 3. The summed E-state index contributed by atoms with van der Waals surface area (Å²) in [6, 6.07) is 1.52. The van der Waals surface area contributed by atoms with Crippen LogP contribution >= 0.6 is 11.6 Å². The Hall–Kier alpha value is -1.11. The zero-order valence-corrected chi connectivity index (χ0v) is 9.17. The summed E-state index contributed by atoms with van der Waals surface area (Å²) in [6.45, 7) is -0.106. The molecular weight excluding hydrogens is 234 g/mol. The van der Waals surface area contributed by atoms with Gasteiger partial charge in [0.15, 0.2) is 0 Å². The second-order valence-electron chi connectivity index (χ2n) is 3.61. The lowest BCUT2D eigenvalue weighted by molar-refractivity contribution is -0.228. The molecule has 2 rings (SSSR count). The molecule has 0 saturated carbocycles. The third-order valence-corrected chi connectivity index (χ3v) is 3.00. The minimum absolute atomic E-state index is 0.0882. The van der Waals surface area contributed by atoms with Crippen molar-refractivity contribution in [2.24, 2.45) is 5.92 Å². The zero-order chi connectivity index (χ0) is 11.7. The number of aromatic nitrogens is 2. The zero-order valence-electron chi connectivity index (χ0n) is 8.41. The normalized spacial score (nSPS) is 28.8. The van der Waals surface area contributed by atoms with Crippen molar-refractivity contribution in [2.75, 3.05) is 18.2 Å². The predicted octanol–water partition coefficient (Wildman–Crippen LogP) is -0.430. The van der Waals surface area contributed by atoms with Crippen molar-refractivity contribution in [1.82, 2.24) is 9.55 Å². The van der Waals surface area contributed by atoms with Gasteiger partial charge >= 0.3 is 5.69 Å². The van der Waals surface area contributed by atoms with Crippen LogP contribution in [0.15, 0.2) is 17.1 Å². The minimum atomic E-state index is -0.475. The van der Waals surface area contributed by atoms with E-state index >= 15 is 0 Å². The van der Waals surface area contributed by atoms with Gasteiger partial charge in [-0.1, -0.05) is 0 Å². The fraction of sp³-hybridized carbons (Fsp3) is 0.556. The Morgan fingerprint density at radius 3 is 3.00 bits per heavy atom. The number of aliphatic hydroxyl groups is 1. The number of nitrogens with zero attached hydrogens (tertiary/aromatic N) is 2. The highest BCUT2D eigenvalue weighted by Crippen LogP contribution is 2.36. The molecule has 2 heterocycles. The number of anilines is 1. The fourth-order valence-electron chi connectivity index (χ4n) is 1.72. The van der Waals surface area contributed by atoms with Crippen LogP contribution in [0.3, 0.4) is 0 Å². The van der Waals surface area contributed by atoms with Gasteiger partial charge in [-0.2, -0.15) is 4.98 Å². The van der Waals surface area contributed by atoms with Gasteiger partial charge < -0.3 is 15.6 Å². The number of hydrogen-bond acceptors (Lipinski definition) is 5. The first-order valence-corrected chi connectivity index (χ1v) is 5.37. The van der Waals surface area contributed by atoms with E-state index in [1.54, 1.807) is 0 Å². The summed E-state index contributed by atoms with van der Waals surface area (Å²) in [5.41, 5.74) is 4.90. The fourth-order valence-corrected chi connectivity index (χ4v) is 2.07. The van der Waals surface area contributed by atoms with E-state index in [1.165, 1.54) is 16.8 Å². The molecule has 1 aromatic heterocycles. The molecule has 1 fully saturated rings. The number of ether oxygens (including phenoxy) is 1. The average molecular weight is 246 g/mol. The van der Waals surface area contributed by atoms with Crippen molar-refractivity contribution < 1.29 is 9.84 Å². The Balaban J connectivity index is 2.23. The average Bonchev–Trinajstić information content (AvgIpc) is 2.21. The van der Waals surface area contributed by atoms with E-state index in [1.807, 2.05) is 0 Å². The summed E-state index contributed by atoms with van der Waals surface area (Å²) in [5, 5.41) is 8.96. The lowest BCUT2D eigenvalue weighted by Gasteiger charge is -2.43. The van der Waals surface area contributed by atoms with Gasteiger partial charge in [-0.3, -0.25) is 4.57 Å². The van der Waals surface area contributed by atoms with Crippen molar-refractivity contribution in [2.45, 2.75) is 12.3 Å². The van der Waals surface area contributed by atoms with Gasteiger partial charge in [-0.05, 0) is 6.07 Å². The van der Waals surface area contributed by atoms with Crippen LogP contribution < -0.4 is 11.4 Å². The third-order valence-electron chi connectivity index (χ3n) is 2.64. The second kappa shape index (κ2) is 4.40. The number of halogens is 1. The van der Waals surface area contributed by atoms with E-state index in [-0.39, 0.29) is 24.4 Å². The second-order valence-corrected chi connectivity index (χ2v) is 3.92. The van der Waals surface area contributed by atoms with Crippen molar-refractivity contribution in [1.29, 1.82) is 0 Å². The van der Waals surface area contributed by atoms with Crippen LogP contribution in [0.5, 0.6) is 0 Å². The third kappa shape index (κ3) is 1.79. The molecule has 88 valence electrons. The predicted molar refractivity (Wildman–Crippen MR) is 58.1 cm³/mol. The van der Waals surface area contributed by atoms with Gasteiger partial charge in [-0.15, -0.1) is 11.6 Å². The highest BCUT2D eigenvalue weighted by molar-refractivity contribution is 6.18. The molecule has 3 N–H and O–H groups in total. The summed E-state index contributed by atoms with van der Waals surface area (Å²) in [7, 11) is 0. The van der Waals surface area contributed by atoms with E-state index in [9.17, 15) is 4.79 Å². The molecule has 0 aliphatic carbocycles. The highest BCUT2D eigenvalue weighted by Gasteiger charge is 2.43. The van der Waals surface area contributed by atoms with Crippen LogP contribution in [0.4, 0.5) is 5.82 Å². The minimum Gasteiger partial charge on any atom is -0.394 e. The molecule has 3 atom stereocenters. The maximum Gasteiger partial charge on any atom is 0.351 e. The van der Waals surface area contributed by atoms with Gasteiger partial charge in [0.2, 0.25) is 0 Å². The van der Waals surface area contributed by atoms with Crippen LogP contribution in [0, 0.1) is 5.92 Å². The Morgan fingerprint density at radius 2 is 2.44 bits per heavy atom. The number of hydrogen-bond donors (Lipinski definition) is 2. The summed E-state index contributed by atoms with van der Waals surface area (Å²) in [4.78, 5) is 15.1. The summed E-state index contributed by atoms with van der Waals surface area (Å²) < 4.78 is 6.68. The Bertz CT molecular complexity index is 436. The first kappa shape index (κ1) is 11.4. The molecule has 0 amide bonds. The van der Waals surface area contributed by atoms with Gasteiger partial charge in [0.25, 0.3) is 0 Å². The standard InChI is InChI=1S/C9H12ClN3O3/c10-3-5-6(4-14)16-8(5)13-2-1-7(11)12-9(13)15/h1-2,5-6,8,14H,3-4H2,(H2,11,12,15)/t5-,6-,8-/m1/s1. The molecule has 0 aromatic carbocycles. The quantitative estimate of drug-likeness (QED) is 0.706. The smallest absolute Gasteiger partial charge is 0.351 e. The molecule has 0 spiro atoms. The largest absolute Gasteiger partial charge is 0.394 e. The molecule has 0 unspecified atom stereocenters. The molecule has 0 radical (unpaired) electrons. The first-order valence-electron chi connectivity index (χ1n) is 4.84. The molecule has 6 nitrogen and oxygen atoms in total. The van der Waals surface area contributed by atoms with E-state index in [0.717, 1.165) is 0 Å². The summed E-state index contributed by atoms with van der Waals surface area (Å²) in [6.07, 6.45) is 0.741. The number of nitrogen functional groups attached to an aromatic ring is 1. The highest BCUT2D eigenvalue weighted by atomic mass is 35.5. The SMILES string of the molecule is Nc1ccn([C@@H]2O[C@H](CO)[C@H]2CCl)c(=O)n1. The number of aliphatic hydroxyl groups excluding tert-OH is 1. The van der Waals surface area contributed by atoms with Gasteiger partial charge in [-0.25, -0.2) is 4.79 Å². The van der Waals surface area contributed by atoms with Gasteiger partial charge in [0.05, 0.1) is 12.7 Å². The molecular formula is C9H12ClN3O3. The number of nitrogens with two attached hydrogens (primary N) is 1. The van der Waals surface area contributed by atoms with E-state index < -0.39 is 11.9 Å². The van der Waals surface area contributed by atoms with Crippen LogP contribution in [0.2, 0.25) is 0 Å². The van der Waals surface area contributed by atoms with E-state index in [4.69, 9.17) is 27.2 Å². The summed E-state index contributed by atoms with van der Waals surface area (Å²) in [5.74, 6) is 0.392. The van der Waals surface area contributed by atoms with Crippen molar-refractivity contribution in [3.8, 4) is 0 Å². The number of alkyl halides is 1. The van der Waals surface area contributed by atoms with Crippen LogP contribution in [0.1, 0.15) is 6.23 Å². The lowest BCUT2D eigenvalue weighted by Crippen LogP contribution is -2.51.